The average Bonchev–Trinajstić information content (AvgIpc) is 2.87. The van der Waals surface area contributed by atoms with E-state index in [1.165, 1.54) is 36.7 Å². The van der Waals surface area contributed by atoms with Gasteiger partial charge in [-0.05, 0) is 71.6 Å². The van der Waals surface area contributed by atoms with Crippen molar-refractivity contribution in [3.05, 3.63) is 20.8 Å². The van der Waals surface area contributed by atoms with Crippen molar-refractivity contribution in [3.63, 3.8) is 0 Å². The van der Waals surface area contributed by atoms with E-state index in [9.17, 15) is 0 Å². The highest BCUT2D eigenvalue weighted by molar-refractivity contribution is 9.10. The third-order valence-corrected chi connectivity index (χ3v) is 5.48. The summed E-state index contributed by atoms with van der Waals surface area (Å²) in [6, 6.07) is 2.19. The molecule has 0 aliphatic heterocycles. The molecule has 0 bridgehead atoms. The lowest BCUT2D eigenvalue weighted by Gasteiger charge is -2.19. The van der Waals surface area contributed by atoms with Crippen molar-refractivity contribution >= 4 is 27.3 Å². The SMILES string of the molecule is CCCNCC1CCCC1c1sccc1Br. The maximum absolute atomic E-state index is 3.68. The third kappa shape index (κ3) is 2.88. The molecule has 0 saturated heterocycles. The predicted octanol–water partition coefficient (Wildman–Crippen LogP) is 4.39. The van der Waals surface area contributed by atoms with Crippen molar-refractivity contribution in [1.29, 1.82) is 0 Å². The summed E-state index contributed by atoms with van der Waals surface area (Å²) >= 11 is 5.59. The number of rotatable bonds is 5. The van der Waals surface area contributed by atoms with E-state index in [0.29, 0.717) is 0 Å². The summed E-state index contributed by atoms with van der Waals surface area (Å²) in [5.41, 5.74) is 0. The molecule has 1 aromatic heterocycles. The first-order valence-corrected chi connectivity index (χ1v) is 7.93. The Labute approximate surface area is 111 Å². The van der Waals surface area contributed by atoms with E-state index < -0.39 is 0 Å². The number of thiophene rings is 1. The monoisotopic (exact) mass is 301 g/mol. The zero-order valence-corrected chi connectivity index (χ0v) is 12.2. The van der Waals surface area contributed by atoms with Gasteiger partial charge in [0.1, 0.15) is 0 Å². The molecule has 3 heteroatoms. The minimum absolute atomic E-state index is 0.790. The van der Waals surface area contributed by atoms with Crippen LogP contribution in [0.2, 0.25) is 0 Å². The largest absolute Gasteiger partial charge is 0.316 e. The van der Waals surface area contributed by atoms with Crippen LogP contribution < -0.4 is 5.32 Å². The van der Waals surface area contributed by atoms with Gasteiger partial charge in [0.05, 0.1) is 0 Å². The highest BCUT2D eigenvalue weighted by Crippen LogP contribution is 2.44. The summed E-state index contributed by atoms with van der Waals surface area (Å²) in [7, 11) is 0. The van der Waals surface area contributed by atoms with E-state index in [2.05, 4.69) is 39.6 Å². The van der Waals surface area contributed by atoms with Gasteiger partial charge >= 0.3 is 0 Å². The number of hydrogen-bond donors (Lipinski definition) is 1. The topological polar surface area (TPSA) is 12.0 Å². The molecule has 1 aliphatic rings. The molecule has 1 aromatic rings. The maximum atomic E-state index is 3.68. The first-order valence-electron chi connectivity index (χ1n) is 6.26. The second kappa shape index (κ2) is 6.18. The summed E-state index contributed by atoms with van der Waals surface area (Å²) in [4.78, 5) is 1.57. The van der Waals surface area contributed by atoms with Crippen LogP contribution in [0.5, 0.6) is 0 Å². The normalized spacial score (nSPS) is 25.1. The van der Waals surface area contributed by atoms with Crippen molar-refractivity contribution in [2.45, 2.75) is 38.5 Å². The first-order chi connectivity index (χ1) is 7.83. The van der Waals surface area contributed by atoms with Crippen LogP contribution >= 0.6 is 27.3 Å². The van der Waals surface area contributed by atoms with Gasteiger partial charge in [-0.3, -0.25) is 0 Å². The van der Waals surface area contributed by atoms with Gasteiger partial charge in [0.15, 0.2) is 0 Å². The van der Waals surface area contributed by atoms with Crippen molar-refractivity contribution < 1.29 is 0 Å². The summed E-state index contributed by atoms with van der Waals surface area (Å²) in [5.74, 6) is 1.64. The molecule has 0 amide bonds. The van der Waals surface area contributed by atoms with Crippen LogP contribution in [-0.4, -0.2) is 13.1 Å². The second-order valence-electron chi connectivity index (χ2n) is 4.63. The standard InChI is InChI=1S/C13H20BrNS/c1-2-7-15-9-10-4-3-5-11(10)13-12(14)6-8-16-13/h6,8,10-11,15H,2-5,7,9H2,1H3. The Morgan fingerprint density at radius 2 is 2.38 bits per heavy atom. The van der Waals surface area contributed by atoms with E-state index in [1.54, 1.807) is 4.88 Å². The molecule has 0 radical (unpaired) electrons. The van der Waals surface area contributed by atoms with E-state index >= 15 is 0 Å². The Morgan fingerprint density at radius 3 is 3.06 bits per heavy atom. The molecular weight excluding hydrogens is 282 g/mol. The van der Waals surface area contributed by atoms with Crippen LogP contribution in [0, 0.1) is 5.92 Å². The van der Waals surface area contributed by atoms with Gasteiger partial charge in [0.25, 0.3) is 0 Å². The minimum Gasteiger partial charge on any atom is -0.316 e. The van der Waals surface area contributed by atoms with E-state index in [1.807, 2.05) is 11.3 Å². The molecule has 1 N–H and O–H groups in total. The molecular formula is C13H20BrNS. The van der Waals surface area contributed by atoms with Gasteiger partial charge in [0, 0.05) is 9.35 Å². The maximum Gasteiger partial charge on any atom is 0.0317 e. The number of hydrogen-bond acceptors (Lipinski definition) is 2. The molecule has 1 saturated carbocycles. The van der Waals surface area contributed by atoms with Gasteiger partial charge < -0.3 is 5.32 Å². The highest BCUT2D eigenvalue weighted by Gasteiger charge is 2.30. The predicted molar refractivity (Wildman–Crippen MR) is 75.3 cm³/mol. The molecule has 1 nitrogen and oxygen atoms in total. The van der Waals surface area contributed by atoms with Gasteiger partial charge in [-0.1, -0.05) is 13.3 Å². The summed E-state index contributed by atoms with van der Waals surface area (Å²) < 4.78 is 1.32. The van der Waals surface area contributed by atoms with Crippen LogP contribution in [0.1, 0.15) is 43.4 Å². The van der Waals surface area contributed by atoms with Crippen LogP contribution in [0.3, 0.4) is 0 Å². The van der Waals surface area contributed by atoms with E-state index in [0.717, 1.165) is 18.4 Å². The fourth-order valence-corrected chi connectivity index (χ4v) is 4.56. The van der Waals surface area contributed by atoms with Gasteiger partial charge in [-0.15, -0.1) is 11.3 Å². The van der Waals surface area contributed by atoms with Crippen LogP contribution in [-0.2, 0) is 0 Å². The number of halogens is 1. The zero-order valence-electron chi connectivity index (χ0n) is 9.84. The molecule has 0 spiro atoms. The van der Waals surface area contributed by atoms with Gasteiger partial charge in [0.2, 0.25) is 0 Å². The molecule has 90 valence electrons. The lowest BCUT2D eigenvalue weighted by Crippen LogP contribution is -2.24. The van der Waals surface area contributed by atoms with Crippen LogP contribution in [0.15, 0.2) is 15.9 Å². The van der Waals surface area contributed by atoms with Crippen LogP contribution in [0.25, 0.3) is 0 Å². The minimum atomic E-state index is 0.790. The Kier molecular flexibility index (Phi) is 4.86. The van der Waals surface area contributed by atoms with Crippen LogP contribution in [0.4, 0.5) is 0 Å². The van der Waals surface area contributed by atoms with Crippen molar-refractivity contribution in [1.82, 2.24) is 5.32 Å². The van der Waals surface area contributed by atoms with E-state index in [4.69, 9.17) is 0 Å². The van der Waals surface area contributed by atoms with Crippen molar-refractivity contribution in [2.75, 3.05) is 13.1 Å². The third-order valence-electron chi connectivity index (χ3n) is 3.47. The van der Waals surface area contributed by atoms with E-state index in [-0.39, 0.29) is 0 Å². The van der Waals surface area contributed by atoms with Gasteiger partial charge in [-0.25, -0.2) is 0 Å². The quantitative estimate of drug-likeness (QED) is 0.795. The van der Waals surface area contributed by atoms with Crippen molar-refractivity contribution in [3.8, 4) is 0 Å². The highest BCUT2D eigenvalue weighted by atomic mass is 79.9. The molecule has 2 unspecified atom stereocenters. The number of nitrogens with one attached hydrogen (secondary N) is 1. The summed E-state index contributed by atoms with van der Waals surface area (Å²) in [5, 5.41) is 5.78. The molecule has 0 aromatic carbocycles. The smallest absolute Gasteiger partial charge is 0.0317 e. The average molecular weight is 302 g/mol. The molecule has 1 heterocycles. The summed E-state index contributed by atoms with van der Waals surface area (Å²) in [6.07, 6.45) is 5.40. The second-order valence-corrected chi connectivity index (χ2v) is 6.44. The molecule has 16 heavy (non-hydrogen) atoms. The Hall–Kier alpha value is 0.140. The van der Waals surface area contributed by atoms with Crippen molar-refractivity contribution in [2.24, 2.45) is 5.92 Å². The molecule has 2 rings (SSSR count). The Morgan fingerprint density at radius 1 is 1.50 bits per heavy atom. The Balaban J connectivity index is 1.95. The lowest BCUT2D eigenvalue weighted by molar-refractivity contribution is 0.447. The molecule has 2 atom stereocenters. The zero-order chi connectivity index (χ0) is 11.4. The lowest BCUT2D eigenvalue weighted by atomic mass is 9.94. The fourth-order valence-electron chi connectivity index (χ4n) is 2.66. The summed E-state index contributed by atoms with van der Waals surface area (Å²) in [6.45, 7) is 4.59. The molecule has 1 fully saturated rings. The van der Waals surface area contributed by atoms with Gasteiger partial charge in [-0.2, -0.15) is 0 Å². The fraction of sp³-hybridized carbons (Fsp3) is 0.692. The first kappa shape index (κ1) is 12.6. The molecule has 1 aliphatic carbocycles. The Bertz CT molecular complexity index is 323.